The van der Waals surface area contributed by atoms with Gasteiger partial charge in [-0.3, -0.25) is 0 Å². The van der Waals surface area contributed by atoms with Gasteiger partial charge >= 0.3 is 6.18 Å². The Hall–Kier alpha value is -1.91. The lowest BCUT2D eigenvalue weighted by Gasteiger charge is -2.08. The van der Waals surface area contributed by atoms with Crippen molar-refractivity contribution in [3.05, 3.63) is 42.2 Å². The first-order valence-corrected chi connectivity index (χ1v) is 4.42. The molecule has 2 rings (SSSR count). The predicted molar refractivity (Wildman–Crippen MR) is 50.8 cm³/mol. The van der Waals surface area contributed by atoms with E-state index in [2.05, 4.69) is 0 Å². The van der Waals surface area contributed by atoms with Crippen molar-refractivity contribution in [1.29, 1.82) is 0 Å². The Balaban J connectivity index is 2.53. The fraction of sp³-hybridized carbons (Fsp3) is 0.0909. The zero-order valence-corrected chi connectivity index (χ0v) is 7.95. The van der Waals surface area contributed by atoms with Crippen LogP contribution < -0.4 is 0 Å². The molecule has 1 aromatic heterocycles. The van der Waals surface area contributed by atoms with Crippen molar-refractivity contribution >= 4 is 0 Å². The van der Waals surface area contributed by atoms with Gasteiger partial charge in [-0.25, -0.2) is 0 Å². The van der Waals surface area contributed by atoms with E-state index in [-0.39, 0.29) is 11.3 Å². The van der Waals surface area contributed by atoms with Crippen molar-refractivity contribution in [2.45, 2.75) is 6.18 Å². The molecule has 84 valence electrons. The molecule has 0 radical (unpaired) electrons. The minimum Gasteiger partial charge on any atom is -0.508 e. The first-order valence-electron chi connectivity index (χ1n) is 4.42. The molecule has 1 aromatic carbocycles. The van der Waals surface area contributed by atoms with Crippen molar-refractivity contribution in [3.8, 4) is 17.1 Å². The maximum absolute atomic E-state index is 12.4. The second-order valence-corrected chi connectivity index (χ2v) is 3.24. The minimum absolute atomic E-state index is 0.192. The lowest BCUT2D eigenvalue weighted by atomic mass is 10.1. The van der Waals surface area contributed by atoms with Crippen LogP contribution in [0.2, 0.25) is 0 Å². The minimum atomic E-state index is -4.49. The lowest BCUT2D eigenvalue weighted by molar-refractivity contribution is -0.137. The molecule has 0 unspecified atom stereocenters. The van der Waals surface area contributed by atoms with Crippen LogP contribution in [-0.4, -0.2) is 5.11 Å². The smallest absolute Gasteiger partial charge is 0.416 e. The Morgan fingerprint density at radius 3 is 2.44 bits per heavy atom. The molecule has 0 saturated carbocycles. The fourth-order valence-electron chi connectivity index (χ4n) is 1.36. The summed E-state index contributed by atoms with van der Waals surface area (Å²) in [6.45, 7) is 0. The maximum Gasteiger partial charge on any atom is 0.416 e. The standard InChI is InChI=1S/C11H7F3O2/c12-11(13,14)8-4-7(5-9(15)6-8)10-2-1-3-16-10/h1-6,15H. The molecule has 0 atom stereocenters. The van der Waals surface area contributed by atoms with Crippen LogP contribution in [0.3, 0.4) is 0 Å². The summed E-state index contributed by atoms with van der Waals surface area (Å²) in [5, 5.41) is 9.21. The monoisotopic (exact) mass is 228 g/mol. The van der Waals surface area contributed by atoms with E-state index in [4.69, 9.17) is 4.42 Å². The topological polar surface area (TPSA) is 33.4 Å². The van der Waals surface area contributed by atoms with Crippen molar-refractivity contribution < 1.29 is 22.7 Å². The van der Waals surface area contributed by atoms with E-state index in [0.717, 1.165) is 6.07 Å². The third-order valence-electron chi connectivity index (χ3n) is 2.05. The summed E-state index contributed by atoms with van der Waals surface area (Å²) in [6, 6.07) is 5.90. The van der Waals surface area contributed by atoms with Gasteiger partial charge in [0.15, 0.2) is 0 Å². The zero-order chi connectivity index (χ0) is 11.8. The molecule has 16 heavy (non-hydrogen) atoms. The van der Waals surface area contributed by atoms with Crippen LogP contribution in [0.15, 0.2) is 41.0 Å². The molecule has 0 aliphatic carbocycles. The Labute approximate surface area is 88.9 Å². The van der Waals surface area contributed by atoms with Crippen LogP contribution >= 0.6 is 0 Å². The van der Waals surface area contributed by atoms with Crippen LogP contribution in [0.1, 0.15) is 5.56 Å². The van der Waals surface area contributed by atoms with Gasteiger partial charge in [0.05, 0.1) is 11.8 Å². The first-order chi connectivity index (χ1) is 7.47. The van der Waals surface area contributed by atoms with Gasteiger partial charge in [0, 0.05) is 5.56 Å². The average molecular weight is 228 g/mol. The van der Waals surface area contributed by atoms with Gasteiger partial charge in [0.2, 0.25) is 0 Å². The molecule has 0 aliphatic heterocycles. The van der Waals surface area contributed by atoms with Crippen molar-refractivity contribution in [1.82, 2.24) is 0 Å². The van der Waals surface area contributed by atoms with Crippen LogP contribution in [-0.2, 0) is 6.18 Å². The molecule has 0 fully saturated rings. The number of rotatable bonds is 1. The molecule has 0 amide bonds. The molecular formula is C11H7F3O2. The summed E-state index contributed by atoms with van der Waals surface area (Å²) < 4.78 is 42.3. The first kappa shape index (κ1) is 10.6. The van der Waals surface area contributed by atoms with Gasteiger partial charge in [0.1, 0.15) is 11.5 Å². The summed E-state index contributed by atoms with van der Waals surface area (Å²) in [6.07, 6.45) is -3.13. The second kappa shape index (κ2) is 3.59. The number of halogens is 3. The third kappa shape index (κ3) is 2.03. The van der Waals surface area contributed by atoms with Crippen LogP contribution in [0.4, 0.5) is 13.2 Å². The Bertz CT molecular complexity index is 486. The van der Waals surface area contributed by atoms with Crippen LogP contribution in [0.25, 0.3) is 11.3 Å². The Kier molecular flexibility index (Phi) is 2.38. The number of hydrogen-bond donors (Lipinski definition) is 1. The number of aromatic hydroxyl groups is 1. The van der Waals surface area contributed by atoms with Crippen molar-refractivity contribution in [2.75, 3.05) is 0 Å². The van der Waals surface area contributed by atoms with E-state index in [1.165, 1.54) is 18.4 Å². The highest BCUT2D eigenvalue weighted by Crippen LogP contribution is 2.35. The summed E-state index contributed by atoms with van der Waals surface area (Å²) in [7, 11) is 0. The SMILES string of the molecule is Oc1cc(-c2ccco2)cc(C(F)(F)F)c1. The maximum atomic E-state index is 12.4. The summed E-state index contributed by atoms with van der Waals surface area (Å²) in [5.41, 5.74) is -0.712. The molecule has 2 nitrogen and oxygen atoms in total. The predicted octanol–water partition coefficient (Wildman–Crippen LogP) is 3.67. The van der Waals surface area contributed by atoms with Crippen LogP contribution in [0, 0.1) is 0 Å². The molecular weight excluding hydrogens is 221 g/mol. The van der Waals surface area contributed by atoms with E-state index in [1.54, 1.807) is 6.07 Å². The molecule has 1 heterocycles. The summed E-state index contributed by atoms with van der Waals surface area (Å²) >= 11 is 0. The third-order valence-corrected chi connectivity index (χ3v) is 2.05. The molecule has 0 aliphatic rings. The molecule has 5 heteroatoms. The van der Waals surface area contributed by atoms with Gasteiger partial charge < -0.3 is 9.52 Å². The van der Waals surface area contributed by atoms with Gasteiger partial charge in [-0.1, -0.05) is 0 Å². The summed E-state index contributed by atoms with van der Waals surface area (Å²) in [5.74, 6) is -0.164. The lowest BCUT2D eigenvalue weighted by Crippen LogP contribution is -2.04. The normalized spacial score (nSPS) is 11.7. The van der Waals surface area contributed by atoms with E-state index in [1.807, 2.05) is 0 Å². The summed E-state index contributed by atoms with van der Waals surface area (Å²) in [4.78, 5) is 0. The van der Waals surface area contributed by atoms with Crippen LogP contribution in [0.5, 0.6) is 5.75 Å². The van der Waals surface area contributed by atoms with E-state index >= 15 is 0 Å². The van der Waals surface area contributed by atoms with Gasteiger partial charge in [-0.2, -0.15) is 13.2 Å². The number of phenols is 1. The number of benzene rings is 1. The molecule has 0 spiro atoms. The largest absolute Gasteiger partial charge is 0.508 e. The van der Waals surface area contributed by atoms with E-state index in [9.17, 15) is 18.3 Å². The van der Waals surface area contributed by atoms with E-state index < -0.39 is 17.5 Å². The molecule has 0 bridgehead atoms. The second-order valence-electron chi connectivity index (χ2n) is 3.24. The Morgan fingerprint density at radius 1 is 1.12 bits per heavy atom. The molecule has 1 N–H and O–H groups in total. The quantitative estimate of drug-likeness (QED) is 0.807. The van der Waals surface area contributed by atoms with Gasteiger partial charge in [0.25, 0.3) is 0 Å². The van der Waals surface area contributed by atoms with Crippen molar-refractivity contribution in [3.63, 3.8) is 0 Å². The number of furan rings is 1. The van der Waals surface area contributed by atoms with Crippen molar-refractivity contribution in [2.24, 2.45) is 0 Å². The fourth-order valence-corrected chi connectivity index (χ4v) is 1.36. The highest BCUT2D eigenvalue weighted by molar-refractivity contribution is 5.61. The van der Waals surface area contributed by atoms with Gasteiger partial charge in [-0.15, -0.1) is 0 Å². The molecule has 0 saturated heterocycles. The average Bonchev–Trinajstić information content (AvgIpc) is 2.68. The van der Waals surface area contributed by atoms with Gasteiger partial charge in [-0.05, 0) is 30.3 Å². The molecule has 2 aromatic rings. The van der Waals surface area contributed by atoms with E-state index in [0.29, 0.717) is 6.07 Å². The highest BCUT2D eigenvalue weighted by atomic mass is 19.4. The number of alkyl halides is 3. The highest BCUT2D eigenvalue weighted by Gasteiger charge is 2.31. The number of phenolic OH excluding ortho intramolecular Hbond substituents is 1. The number of hydrogen-bond acceptors (Lipinski definition) is 2. The zero-order valence-electron chi connectivity index (χ0n) is 7.95. The Morgan fingerprint density at radius 2 is 1.88 bits per heavy atom.